The summed E-state index contributed by atoms with van der Waals surface area (Å²) in [6, 6.07) is 22.0. The van der Waals surface area contributed by atoms with E-state index in [0.29, 0.717) is 17.9 Å². The van der Waals surface area contributed by atoms with Gasteiger partial charge in [-0.3, -0.25) is 4.98 Å². The van der Waals surface area contributed by atoms with Gasteiger partial charge in [0.1, 0.15) is 5.75 Å². The summed E-state index contributed by atoms with van der Waals surface area (Å²) in [5, 5.41) is 2.33. The molecular formula is C25H20BrNO3. The summed E-state index contributed by atoms with van der Waals surface area (Å²) >= 11 is 3.46. The smallest absolute Gasteiger partial charge is 0.337 e. The third kappa shape index (κ3) is 4.36. The summed E-state index contributed by atoms with van der Waals surface area (Å²) in [4.78, 5) is 16.0. The van der Waals surface area contributed by atoms with Crippen molar-refractivity contribution < 1.29 is 14.3 Å². The molecule has 0 aliphatic heterocycles. The van der Waals surface area contributed by atoms with Crippen molar-refractivity contribution in [3.8, 4) is 16.9 Å². The van der Waals surface area contributed by atoms with Crippen molar-refractivity contribution in [1.29, 1.82) is 0 Å². The van der Waals surface area contributed by atoms with Gasteiger partial charge in [-0.05, 0) is 62.3 Å². The zero-order valence-electron chi connectivity index (χ0n) is 16.5. The van der Waals surface area contributed by atoms with Gasteiger partial charge in [0.05, 0.1) is 23.8 Å². The van der Waals surface area contributed by atoms with Crippen LogP contribution in [0.5, 0.6) is 5.75 Å². The lowest BCUT2D eigenvalue weighted by Gasteiger charge is -2.11. The predicted molar refractivity (Wildman–Crippen MR) is 122 cm³/mol. The van der Waals surface area contributed by atoms with E-state index < -0.39 is 0 Å². The summed E-state index contributed by atoms with van der Waals surface area (Å²) in [6.45, 7) is 0.501. The number of hydrogen-bond donors (Lipinski definition) is 0. The first-order valence-corrected chi connectivity index (χ1v) is 10.4. The summed E-state index contributed by atoms with van der Waals surface area (Å²) in [6.07, 6.45) is 4.48. The largest absolute Gasteiger partial charge is 0.492 e. The van der Waals surface area contributed by atoms with E-state index in [1.165, 1.54) is 23.6 Å². The van der Waals surface area contributed by atoms with Crippen molar-refractivity contribution in [2.75, 3.05) is 13.7 Å². The number of aromatic nitrogens is 1. The number of carbonyl (C=O) groups is 1. The number of esters is 1. The first kappa shape index (κ1) is 20.1. The lowest BCUT2D eigenvalue weighted by atomic mass is 9.98. The molecule has 0 aliphatic rings. The highest BCUT2D eigenvalue weighted by molar-refractivity contribution is 9.10. The molecule has 0 saturated heterocycles. The van der Waals surface area contributed by atoms with Gasteiger partial charge in [-0.25, -0.2) is 4.79 Å². The summed E-state index contributed by atoms with van der Waals surface area (Å²) < 4.78 is 11.5. The number of hydrogen-bond acceptors (Lipinski definition) is 4. The van der Waals surface area contributed by atoms with Crippen LogP contribution in [-0.4, -0.2) is 24.7 Å². The number of halogens is 1. The van der Waals surface area contributed by atoms with E-state index in [1.807, 2.05) is 18.5 Å². The molecule has 5 heteroatoms. The minimum absolute atomic E-state index is 0.383. The molecular weight excluding hydrogens is 442 g/mol. The van der Waals surface area contributed by atoms with Crippen LogP contribution in [0.15, 0.2) is 83.6 Å². The number of methoxy groups -OCH3 is 1. The van der Waals surface area contributed by atoms with Crippen molar-refractivity contribution in [2.45, 2.75) is 6.42 Å². The molecule has 0 spiro atoms. The van der Waals surface area contributed by atoms with Gasteiger partial charge in [0.2, 0.25) is 0 Å². The van der Waals surface area contributed by atoms with Crippen molar-refractivity contribution in [2.24, 2.45) is 0 Å². The lowest BCUT2D eigenvalue weighted by Crippen LogP contribution is -2.05. The molecule has 1 heterocycles. The zero-order valence-corrected chi connectivity index (χ0v) is 18.1. The van der Waals surface area contributed by atoms with E-state index in [2.05, 4.69) is 63.4 Å². The van der Waals surface area contributed by atoms with Crippen LogP contribution in [0.4, 0.5) is 0 Å². The molecule has 0 saturated carbocycles. The van der Waals surface area contributed by atoms with Gasteiger partial charge in [0, 0.05) is 24.2 Å². The number of pyridine rings is 1. The van der Waals surface area contributed by atoms with Crippen LogP contribution in [0, 0.1) is 0 Å². The number of nitrogens with zero attached hydrogens (tertiary/aromatic N) is 1. The second-order valence-corrected chi connectivity index (χ2v) is 7.69. The SMILES string of the molecule is COC(=O)c1ccc(Br)c(OCCc2ccc(-c3cccc4ccncc34)cc2)c1. The van der Waals surface area contributed by atoms with Crippen molar-refractivity contribution in [3.63, 3.8) is 0 Å². The summed E-state index contributed by atoms with van der Waals surface area (Å²) in [5.74, 6) is 0.240. The van der Waals surface area contributed by atoms with E-state index in [1.54, 1.807) is 18.2 Å². The van der Waals surface area contributed by atoms with E-state index in [9.17, 15) is 4.79 Å². The van der Waals surface area contributed by atoms with Crippen molar-refractivity contribution in [1.82, 2.24) is 4.98 Å². The molecule has 4 aromatic rings. The Balaban J connectivity index is 1.44. The molecule has 0 amide bonds. The fraction of sp³-hybridized carbons (Fsp3) is 0.120. The molecule has 3 aromatic carbocycles. The second kappa shape index (κ2) is 9.09. The molecule has 4 rings (SSSR count). The fourth-order valence-electron chi connectivity index (χ4n) is 3.35. The zero-order chi connectivity index (χ0) is 20.9. The Kier molecular flexibility index (Phi) is 6.10. The highest BCUT2D eigenvalue weighted by Gasteiger charge is 2.10. The number of carbonyl (C=O) groups excluding carboxylic acids is 1. The first-order valence-electron chi connectivity index (χ1n) is 9.58. The molecule has 0 bridgehead atoms. The molecule has 0 unspecified atom stereocenters. The van der Waals surface area contributed by atoms with E-state index in [0.717, 1.165) is 21.8 Å². The van der Waals surface area contributed by atoms with Crippen LogP contribution >= 0.6 is 15.9 Å². The maximum atomic E-state index is 11.7. The van der Waals surface area contributed by atoms with Gasteiger partial charge >= 0.3 is 5.97 Å². The standard InChI is InChI=1S/C25H20BrNO3/c1-29-25(28)20-9-10-23(26)24(15-20)30-14-12-17-5-7-19(8-6-17)21-4-2-3-18-11-13-27-16-22(18)21/h2-11,13,15-16H,12,14H2,1H3. The molecule has 30 heavy (non-hydrogen) atoms. The molecule has 0 N–H and O–H groups in total. The van der Waals surface area contributed by atoms with E-state index >= 15 is 0 Å². The summed E-state index contributed by atoms with van der Waals surface area (Å²) in [7, 11) is 1.36. The Morgan fingerprint density at radius 3 is 2.67 bits per heavy atom. The average Bonchev–Trinajstić information content (AvgIpc) is 2.80. The Morgan fingerprint density at radius 1 is 1.03 bits per heavy atom. The minimum Gasteiger partial charge on any atom is -0.492 e. The molecule has 1 aromatic heterocycles. The maximum absolute atomic E-state index is 11.7. The van der Waals surface area contributed by atoms with Crippen molar-refractivity contribution >= 4 is 32.7 Å². The van der Waals surface area contributed by atoms with Crippen LogP contribution in [-0.2, 0) is 11.2 Å². The summed E-state index contributed by atoms with van der Waals surface area (Å²) in [5.41, 5.74) is 3.97. The molecule has 150 valence electrons. The Labute approximate surface area is 183 Å². The number of rotatable bonds is 6. The minimum atomic E-state index is -0.383. The number of fused-ring (bicyclic) bond motifs is 1. The second-order valence-electron chi connectivity index (χ2n) is 6.83. The maximum Gasteiger partial charge on any atom is 0.337 e. The molecule has 0 radical (unpaired) electrons. The Morgan fingerprint density at radius 2 is 1.87 bits per heavy atom. The van der Waals surface area contributed by atoms with E-state index in [-0.39, 0.29) is 5.97 Å². The first-order chi connectivity index (χ1) is 14.7. The lowest BCUT2D eigenvalue weighted by molar-refractivity contribution is 0.0600. The Hall–Kier alpha value is -3.18. The third-order valence-corrected chi connectivity index (χ3v) is 5.60. The van der Waals surface area contributed by atoms with Crippen LogP contribution < -0.4 is 4.74 Å². The van der Waals surface area contributed by atoms with Crippen LogP contribution in [0.1, 0.15) is 15.9 Å². The van der Waals surface area contributed by atoms with Gasteiger partial charge in [-0.2, -0.15) is 0 Å². The van der Waals surface area contributed by atoms with Crippen molar-refractivity contribution in [3.05, 3.63) is 94.7 Å². The van der Waals surface area contributed by atoms with Gasteiger partial charge in [0.25, 0.3) is 0 Å². The van der Waals surface area contributed by atoms with Gasteiger partial charge in [-0.1, -0.05) is 42.5 Å². The van der Waals surface area contributed by atoms with Crippen LogP contribution in [0.2, 0.25) is 0 Å². The van der Waals surface area contributed by atoms with Gasteiger partial charge < -0.3 is 9.47 Å². The third-order valence-electron chi connectivity index (χ3n) is 4.95. The van der Waals surface area contributed by atoms with Gasteiger partial charge in [-0.15, -0.1) is 0 Å². The Bertz CT molecular complexity index is 1180. The van der Waals surface area contributed by atoms with Gasteiger partial charge in [0.15, 0.2) is 0 Å². The van der Waals surface area contributed by atoms with E-state index in [4.69, 9.17) is 9.47 Å². The average molecular weight is 462 g/mol. The van der Waals surface area contributed by atoms with Crippen LogP contribution in [0.25, 0.3) is 21.9 Å². The highest BCUT2D eigenvalue weighted by Crippen LogP contribution is 2.29. The topological polar surface area (TPSA) is 48.4 Å². The molecule has 4 nitrogen and oxygen atoms in total. The molecule has 0 fully saturated rings. The number of benzene rings is 3. The highest BCUT2D eigenvalue weighted by atomic mass is 79.9. The predicted octanol–water partition coefficient (Wildman–Crippen LogP) is 6.07. The van der Waals surface area contributed by atoms with Crippen LogP contribution in [0.3, 0.4) is 0 Å². The number of ether oxygens (including phenoxy) is 2. The normalized spacial score (nSPS) is 10.7. The fourth-order valence-corrected chi connectivity index (χ4v) is 3.71. The monoisotopic (exact) mass is 461 g/mol. The molecule has 0 atom stereocenters. The quantitative estimate of drug-likeness (QED) is 0.326. The molecule has 0 aliphatic carbocycles.